The molecule has 0 radical (unpaired) electrons. The molecule has 0 bridgehead atoms. The standard InChI is InChI=1S/C8H14O9S3/c9-18(16-7-1-3-14-19(10,11)5-7)17-8-2-4-15-20(12,13)6-8/h7-8H,1-6H2. The zero-order valence-corrected chi connectivity index (χ0v) is 12.7. The van der Waals surface area contributed by atoms with Gasteiger partial charge in [-0.15, -0.1) is 0 Å². The third kappa shape index (κ3) is 5.02. The van der Waals surface area contributed by atoms with E-state index >= 15 is 0 Å². The molecular formula is C8H14O9S3. The van der Waals surface area contributed by atoms with Crippen molar-refractivity contribution in [2.45, 2.75) is 25.0 Å². The molecule has 2 aliphatic rings. The maximum atomic E-state index is 11.6. The van der Waals surface area contributed by atoms with E-state index in [9.17, 15) is 21.0 Å². The molecule has 0 amide bonds. The zero-order chi connectivity index (χ0) is 14.8. The summed E-state index contributed by atoms with van der Waals surface area (Å²) < 4.78 is 75.2. The first-order valence-electron chi connectivity index (χ1n) is 5.76. The molecule has 2 fully saturated rings. The van der Waals surface area contributed by atoms with Crippen LogP contribution in [-0.4, -0.2) is 58.0 Å². The summed E-state index contributed by atoms with van der Waals surface area (Å²) in [5.74, 6) is -0.817. The summed E-state index contributed by atoms with van der Waals surface area (Å²) in [7, 11) is -7.32. The Kier molecular flexibility index (Phi) is 5.15. The van der Waals surface area contributed by atoms with Crippen molar-refractivity contribution >= 4 is 31.6 Å². The summed E-state index contributed by atoms with van der Waals surface area (Å²) in [4.78, 5) is 0. The lowest BCUT2D eigenvalue weighted by Gasteiger charge is -2.23. The van der Waals surface area contributed by atoms with Crippen LogP contribution in [0.25, 0.3) is 0 Å². The first-order valence-corrected chi connectivity index (χ1v) is 9.91. The van der Waals surface area contributed by atoms with E-state index in [1.807, 2.05) is 0 Å². The van der Waals surface area contributed by atoms with Crippen molar-refractivity contribution < 1.29 is 37.8 Å². The van der Waals surface area contributed by atoms with Gasteiger partial charge in [0.2, 0.25) is 0 Å². The largest absolute Gasteiger partial charge is 0.305 e. The molecule has 0 aromatic heterocycles. The van der Waals surface area contributed by atoms with Crippen molar-refractivity contribution in [1.29, 1.82) is 0 Å². The van der Waals surface area contributed by atoms with Gasteiger partial charge >= 0.3 is 11.4 Å². The first-order chi connectivity index (χ1) is 9.26. The van der Waals surface area contributed by atoms with Gasteiger partial charge in [0.1, 0.15) is 11.5 Å². The van der Waals surface area contributed by atoms with Gasteiger partial charge in [-0.2, -0.15) is 21.0 Å². The van der Waals surface area contributed by atoms with Crippen molar-refractivity contribution in [3.8, 4) is 0 Å². The fourth-order valence-electron chi connectivity index (χ4n) is 1.73. The molecule has 2 rings (SSSR count). The third-order valence-corrected chi connectivity index (χ3v) is 6.09. The van der Waals surface area contributed by atoms with Gasteiger partial charge in [0.25, 0.3) is 20.2 Å². The van der Waals surface area contributed by atoms with Gasteiger partial charge in [0.05, 0.1) is 25.4 Å². The topological polar surface area (TPSA) is 122 Å². The average Bonchev–Trinajstić information content (AvgIpc) is 2.25. The molecule has 12 heteroatoms. The van der Waals surface area contributed by atoms with E-state index in [0.717, 1.165) is 0 Å². The van der Waals surface area contributed by atoms with Gasteiger partial charge in [-0.1, -0.05) is 0 Å². The fraction of sp³-hybridized carbons (Fsp3) is 1.00. The highest BCUT2D eigenvalue weighted by Crippen LogP contribution is 2.17. The summed E-state index contributed by atoms with van der Waals surface area (Å²) >= 11 is -2.22. The normalized spacial score (nSPS) is 34.4. The van der Waals surface area contributed by atoms with Crippen LogP contribution in [0, 0.1) is 0 Å². The molecule has 0 aromatic rings. The third-order valence-electron chi connectivity index (χ3n) is 2.61. The molecule has 2 aliphatic heterocycles. The quantitative estimate of drug-likeness (QED) is 0.577. The molecule has 0 aromatic carbocycles. The SMILES string of the molecule is O=S(OC1CCOS(=O)(=O)C1)OC1CCOS(=O)(=O)C1. The Morgan fingerprint density at radius 3 is 1.60 bits per heavy atom. The summed E-state index contributed by atoms with van der Waals surface area (Å²) in [5.41, 5.74) is 0. The Labute approximate surface area is 119 Å². The average molecular weight is 350 g/mol. The molecule has 2 heterocycles. The van der Waals surface area contributed by atoms with Crippen LogP contribution in [0.1, 0.15) is 12.8 Å². The van der Waals surface area contributed by atoms with Crippen molar-refractivity contribution in [2.75, 3.05) is 24.7 Å². The van der Waals surface area contributed by atoms with Gasteiger partial charge in [-0.25, -0.2) is 0 Å². The van der Waals surface area contributed by atoms with Gasteiger partial charge in [0.15, 0.2) is 0 Å². The number of rotatable bonds is 4. The van der Waals surface area contributed by atoms with Crippen LogP contribution in [0.2, 0.25) is 0 Å². The Morgan fingerprint density at radius 2 is 1.25 bits per heavy atom. The van der Waals surface area contributed by atoms with Crippen LogP contribution in [0.3, 0.4) is 0 Å². The lowest BCUT2D eigenvalue weighted by atomic mass is 10.3. The Morgan fingerprint density at radius 1 is 0.850 bits per heavy atom. The molecule has 2 saturated heterocycles. The highest BCUT2D eigenvalue weighted by Gasteiger charge is 2.31. The molecule has 0 spiro atoms. The molecule has 0 N–H and O–H groups in total. The molecule has 9 nitrogen and oxygen atoms in total. The molecule has 0 saturated carbocycles. The van der Waals surface area contributed by atoms with E-state index in [4.69, 9.17) is 8.37 Å². The van der Waals surface area contributed by atoms with Crippen LogP contribution in [0.5, 0.6) is 0 Å². The Balaban J connectivity index is 1.83. The van der Waals surface area contributed by atoms with E-state index in [-0.39, 0.29) is 26.1 Å². The second kappa shape index (κ2) is 6.34. The van der Waals surface area contributed by atoms with Gasteiger partial charge < -0.3 is 0 Å². The summed E-state index contributed by atoms with van der Waals surface area (Å²) in [6, 6.07) is 0. The Hall–Kier alpha value is -0.110. The minimum atomic E-state index is -3.66. The van der Waals surface area contributed by atoms with Crippen LogP contribution in [0.4, 0.5) is 0 Å². The summed E-state index contributed by atoms with van der Waals surface area (Å²) in [6.45, 7) is -0.0916. The number of hydrogen-bond donors (Lipinski definition) is 0. The van der Waals surface area contributed by atoms with E-state index < -0.39 is 55.3 Å². The van der Waals surface area contributed by atoms with Crippen molar-refractivity contribution in [3.63, 3.8) is 0 Å². The van der Waals surface area contributed by atoms with Crippen LogP contribution < -0.4 is 0 Å². The minimum absolute atomic E-state index is 0.0458. The van der Waals surface area contributed by atoms with Crippen molar-refractivity contribution in [1.82, 2.24) is 0 Å². The maximum Gasteiger partial charge on any atom is 0.305 e. The Bertz CT molecular complexity index is 516. The molecule has 118 valence electrons. The summed E-state index contributed by atoms with van der Waals surface area (Å²) in [6.07, 6.45) is -1.07. The molecule has 20 heavy (non-hydrogen) atoms. The second-order valence-corrected chi connectivity index (χ2v) is 8.47. The van der Waals surface area contributed by atoms with E-state index in [1.165, 1.54) is 0 Å². The van der Waals surface area contributed by atoms with Gasteiger partial charge in [-0.3, -0.25) is 16.7 Å². The summed E-state index contributed by atoms with van der Waals surface area (Å²) in [5, 5.41) is 0. The van der Waals surface area contributed by atoms with Crippen molar-refractivity contribution in [3.05, 3.63) is 0 Å². The van der Waals surface area contributed by atoms with Gasteiger partial charge in [-0.05, 0) is 0 Å². The van der Waals surface area contributed by atoms with E-state index in [2.05, 4.69) is 8.37 Å². The highest BCUT2D eigenvalue weighted by molar-refractivity contribution is 7.87. The van der Waals surface area contributed by atoms with Crippen molar-refractivity contribution in [2.24, 2.45) is 0 Å². The highest BCUT2D eigenvalue weighted by atomic mass is 32.2. The predicted molar refractivity (Wildman–Crippen MR) is 66.6 cm³/mol. The van der Waals surface area contributed by atoms with Gasteiger partial charge in [0, 0.05) is 12.8 Å². The monoisotopic (exact) mass is 350 g/mol. The second-order valence-electron chi connectivity index (χ2n) is 4.31. The van der Waals surface area contributed by atoms with E-state index in [0.29, 0.717) is 0 Å². The molecule has 0 aliphatic carbocycles. The predicted octanol–water partition coefficient (Wildman–Crippen LogP) is -1.16. The number of hydrogen-bond acceptors (Lipinski definition) is 9. The first kappa shape index (κ1) is 16.3. The van der Waals surface area contributed by atoms with E-state index in [1.54, 1.807) is 0 Å². The molecule has 2 atom stereocenters. The minimum Gasteiger partial charge on any atom is -0.270 e. The molecule has 2 unspecified atom stereocenters. The fourth-order valence-corrected chi connectivity index (χ4v) is 4.99. The lowest BCUT2D eigenvalue weighted by molar-refractivity contribution is 0.117. The lowest BCUT2D eigenvalue weighted by Crippen LogP contribution is -2.36. The smallest absolute Gasteiger partial charge is 0.270 e. The zero-order valence-electron chi connectivity index (χ0n) is 10.3. The van der Waals surface area contributed by atoms with Crippen LogP contribution >= 0.6 is 0 Å². The maximum absolute atomic E-state index is 11.6. The van der Waals surface area contributed by atoms with Crippen LogP contribution in [-0.2, 0) is 48.3 Å². The van der Waals surface area contributed by atoms with Crippen LogP contribution in [0.15, 0.2) is 0 Å². The molecular weight excluding hydrogens is 336 g/mol.